The molecular weight excluding hydrogens is 372 g/mol. The van der Waals surface area contributed by atoms with Gasteiger partial charge >= 0.3 is 5.97 Å². The third-order valence-corrected chi connectivity index (χ3v) is 5.48. The van der Waals surface area contributed by atoms with Crippen molar-refractivity contribution in [1.29, 1.82) is 0 Å². The molecule has 2 aromatic rings. The number of rotatable bonds is 5. The van der Waals surface area contributed by atoms with E-state index in [1.165, 1.54) is 9.80 Å². The molecule has 7 heteroatoms. The van der Waals surface area contributed by atoms with Crippen molar-refractivity contribution in [3.05, 3.63) is 47.2 Å². The number of benzene rings is 1. The molecule has 0 radical (unpaired) electrons. The number of nitrogens with zero attached hydrogens (tertiary/aromatic N) is 2. The summed E-state index contributed by atoms with van der Waals surface area (Å²) in [5.74, 6) is -0.813. The zero-order chi connectivity index (χ0) is 21.1. The molecule has 29 heavy (non-hydrogen) atoms. The number of aliphatic carboxylic acids is 1. The number of carboxylic acid groups (broad SMARTS) is 1. The number of aryl methyl sites for hydroxylation is 1. The second-order valence-corrected chi connectivity index (χ2v) is 7.53. The van der Waals surface area contributed by atoms with Crippen LogP contribution in [-0.4, -0.2) is 59.4 Å². The van der Waals surface area contributed by atoms with E-state index in [1.807, 2.05) is 44.2 Å². The quantitative estimate of drug-likeness (QED) is 0.836. The highest BCUT2D eigenvalue weighted by Crippen LogP contribution is 2.31. The van der Waals surface area contributed by atoms with Crippen LogP contribution in [0.2, 0.25) is 0 Å². The average Bonchev–Trinajstić information content (AvgIpc) is 3.02. The predicted molar refractivity (Wildman–Crippen MR) is 108 cm³/mol. The standard InChI is InChI=1S/C22H26N2O5/c1-14-15(2)29-20(16-8-5-4-6-9-16)19(14)21(26)23(3)13-18(25)24-11-7-10-17(12-24)22(27)28/h4-6,8-9,17H,7,10-13H2,1-3H3,(H,27,28). The number of carboxylic acids is 1. The zero-order valence-electron chi connectivity index (χ0n) is 17.0. The number of likely N-dealkylation sites (tertiary alicyclic amines) is 1. The third kappa shape index (κ3) is 4.34. The van der Waals surface area contributed by atoms with Gasteiger partial charge in [0, 0.05) is 31.3 Å². The van der Waals surface area contributed by atoms with Crippen molar-refractivity contribution in [2.45, 2.75) is 26.7 Å². The Bertz CT molecular complexity index is 919. The van der Waals surface area contributed by atoms with Crippen LogP contribution in [0, 0.1) is 19.8 Å². The molecule has 1 aromatic carbocycles. The molecule has 1 unspecified atom stereocenters. The molecule has 1 N–H and O–H groups in total. The van der Waals surface area contributed by atoms with Gasteiger partial charge in [0.1, 0.15) is 11.5 Å². The van der Waals surface area contributed by atoms with Gasteiger partial charge in [-0.2, -0.15) is 0 Å². The first-order valence-electron chi connectivity index (χ1n) is 9.71. The minimum Gasteiger partial charge on any atom is -0.481 e. The monoisotopic (exact) mass is 398 g/mol. The van der Waals surface area contributed by atoms with Gasteiger partial charge in [0.15, 0.2) is 0 Å². The van der Waals surface area contributed by atoms with Gasteiger partial charge < -0.3 is 19.3 Å². The van der Waals surface area contributed by atoms with Crippen LogP contribution in [0.1, 0.15) is 34.5 Å². The van der Waals surface area contributed by atoms with Crippen LogP contribution in [0.25, 0.3) is 11.3 Å². The number of amides is 2. The van der Waals surface area contributed by atoms with Crippen molar-refractivity contribution in [2.75, 3.05) is 26.7 Å². The summed E-state index contributed by atoms with van der Waals surface area (Å²) in [7, 11) is 1.58. The van der Waals surface area contributed by atoms with Crippen molar-refractivity contribution < 1.29 is 23.9 Å². The molecule has 7 nitrogen and oxygen atoms in total. The lowest BCUT2D eigenvalue weighted by Gasteiger charge is -2.32. The normalized spacial score (nSPS) is 16.5. The van der Waals surface area contributed by atoms with Crippen LogP contribution >= 0.6 is 0 Å². The number of furan rings is 1. The van der Waals surface area contributed by atoms with Crippen LogP contribution in [0.3, 0.4) is 0 Å². The van der Waals surface area contributed by atoms with Gasteiger partial charge in [0.25, 0.3) is 5.91 Å². The molecular formula is C22H26N2O5. The van der Waals surface area contributed by atoms with E-state index in [0.717, 1.165) is 11.1 Å². The topological polar surface area (TPSA) is 91.1 Å². The zero-order valence-corrected chi connectivity index (χ0v) is 17.0. The lowest BCUT2D eigenvalue weighted by atomic mass is 9.98. The Morgan fingerprint density at radius 2 is 1.90 bits per heavy atom. The van der Waals surface area contributed by atoms with Gasteiger partial charge in [-0.25, -0.2) is 0 Å². The summed E-state index contributed by atoms with van der Waals surface area (Å²) in [4.78, 5) is 40.0. The Balaban J connectivity index is 1.77. The van der Waals surface area contributed by atoms with Crippen LogP contribution in [0.5, 0.6) is 0 Å². The van der Waals surface area contributed by atoms with E-state index in [0.29, 0.717) is 36.5 Å². The fourth-order valence-electron chi connectivity index (χ4n) is 3.65. The minimum absolute atomic E-state index is 0.108. The highest BCUT2D eigenvalue weighted by molar-refractivity contribution is 6.02. The van der Waals surface area contributed by atoms with Gasteiger partial charge in [-0.1, -0.05) is 30.3 Å². The number of hydrogen-bond acceptors (Lipinski definition) is 4. The van der Waals surface area contributed by atoms with E-state index in [9.17, 15) is 19.5 Å². The van der Waals surface area contributed by atoms with Crippen LogP contribution in [0.4, 0.5) is 0 Å². The molecule has 2 amide bonds. The minimum atomic E-state index is -0.885. The van der Waals surface area contributed by atoms with Crippen molar-refractivity contribution in [1.82, 2.24) is 9.80 Å². The molecule has 1 aliphatic heterocycles. The predicted octanol–water partition coefficient (Wildman–Crippen LogP) is 2.96. The fourth-order valence-corrected chi connectivity index (χ4v) is 3.65. The molecule has 1 aliphatic rings. The molecule has 0 spiro atoms. The third-order valence-electron chi connectivity index (χ3n) is 5.48. The Kier molecular flexibility index (Phi) is 6.06. The maximum atomic E-state index is 13.2. The SMILES string of the molecule is Cc1oc(-c2ccccc2)c(C(=O)N(C)CC(=O)N2CCCC(C(=O)O)C2)c1C. The molecule has 0 saturated carbocycles. The van der Waals surface area contributed by atoms with Crippen molar-refractivity contribution in [3.63, 3.8) is 0 Å². The number of likely N-dealkylation sites (N-methyl/N-ethyl adjacent to an activating group) is 1. The smallest absolute Gasteiger partial charge is 0.308 e. The molecule has 3 rings (SSSR count). The summed E-state index contributed by atoms with van der Waals surface area (Å²) in [6.45, 7) is 4.24. The largest absolute Gasteiger partial charge is 0.481 e. The summed E-state index contributed by atoms with van der Waals surface area (Å²) in [5.41, 5.74) is 2.00. The first kappa shape index (κ1) is 20.6. The summed E-state index contributed by atoms with van der Waals surface area (Å²) < 4.78 is 5.86. The summed E-state index contributed by atoms with van der Waals surface area (Å²) in [6.07, 6.45) is 1.22. The lowest BCUT2D eigenvalue weighted by molar-refractivity contribution is -0.145. The van der Waals surface area contributed by atoms with Gasteiger partial charge in [-0.15, -0.1) is 0 Å². The van der Waals surface area contributed by atoms with Crippen molar-refractivity contribution in [2.24, 2.45) is 5.92 Å². The number of carbonyl (C=O) groups excluding carboxylic acids is 2. The van der Waals surface area contributed by atoms with Gasteiger partial charge in [0.05, 0.1) is 18.0 Å². The molecule has 1 fully saturated rings. The highest BCUT2D eigenvalue weighted by Gasteiger charge is 2.30. The average molecular weight is 398 g/mol. The Morgan fingerprint density at radius 3 is 2.55 bits per heavy atom. The Labute approximate surface area is 169 Å². The first-order valence-corrected chi connectivity index (χ1v) is 9.71. The van der Waals surface area contributed by atoms with Crippen LogP contribution in [-0.2, 0) is 9.59 Å². The molecule has 1 atom stereocenters. The Hall–Kier alpha value is -3.09. The van der Waals surface area contributed by atoms with Crippen LogP contribution in [0.15, 0.2) is 34.7 Å². The highest BCUT2D eigenvalue weighted by atomic mass is 16.4. The van der Waals surface area contributed by atoms with Gasteiger partial charge in [-0.05, 0) is 26.7 Å². The molecule has 1 aromatic heterocycles. The van der Waals surface area contributed by atoms with E-state index in [1.54, 1.807) is 7.05 Å². The van der Waals surface area contributed by atoms with E-state index in [2.05, 4.69) is 0 Å². The van der Waals surface area contributed by atoms with E-state index in [-0.39, 0.29) is 24.9 Å². The van der Waals surface area contributed by atoms with Crippen LogP contribution < -0.4 is 0 Å². The van der Waals surface area contributed by atoms with Crippen molar-refractivity contribution in [3.8, 4) is 11.3 Å². The Morgan fingerprint density at radius 1 is 1.21 bits per heavy atom. The fraction of sp³-hybridized carbons (Fsp3) is 0.409. The second kappa shape index (κ2) is 8.51. The summed E-state index contributed by atoms with van der Waals surface area (Å²) >= 11 is 0. The van der Waals surface area contributed by atoms with E-state index >= 15 is 0 Å². The van der Waals surface area contributed by atoms with E-state index in [4.69, 9.17) is 4.42 Å². The maximum absolute atomic E-state index is 13.2. The summed E-state index contributed by atoms with van der Waals surface area (Å²) in [6, 6.07) is 9.39. The first-order chi connectivity index (χ1) is 13.8. The van der Waals surface area contributed by atoms with Gasteiger partial charge in [0.2, 0.25) is 5.91 Å². The summed E-state index contributed by atoms with van der Waals surface area (Å²) in [5, 5.41) is 9.22. The number of carbonyl (C=O) groups is 3. The molecule has 0 bridgehead atoms. The van der Waals surface area contributed by atoms with Gasteiger partial charge in [-0.3, -0.25) is 14.4 Å². The lowest BCUT2D eigenvalue weighted by Crippen LogP contribution is -2.47. The number of hydrogen-bond donors (Lipinski definition) is 1. The van der Waals surface area contributed by atoms with Crippen molar-refractivity contribution >= 4 is 17.8 Å². The molecule has 1 saturated heterocycles. The maximum Gasteiger partial charge on any atom is 0.308 e. The molecule has 154 valence electrons. The number of piperidine rings is 1. The molecule has 2 heterocycles. The van der Waals surface area contributed by atoms with E-state index < -0.39 is 11.9 Å². The second-order valence-electron chi connectivity index (χ2n) is 7.53. The molecule has 0 aliphatic carbocycles.